The van der Waals surface area contributed by atoms with Crippen LogP contribution in [0, 0.1) is 12.8 Å². The third-order valence-electron chi connectivity index (χ3n) is 5.79. The lowest BCUT2D eigenvalue weighted by molar-refractivity contribution is -0.246. The second-order valence-corrected chi connectivity index (χ2v) is 8.20. The molecule has 1 N–H and O–H groups in total. The summed E-state index contributed by atoms with van der Waals surface area (Å²) in [6.45, 7) is 1.88. The number of carbonyl (C=O) groups excluding carboxylic acids is 2. The number of hydrogen-bond acceptors (Lipinski definition) is 3. The molecule has 0 spiro atoms. The molecule has 4 rings (SSSR count). The van der Waals surface area contributed by atoms with E-state index < -0.39 is 23.6 Å². The number of amides is 2. The number of hydrogen-bond donors (Lipinski definition) is 1. The SMILES string of the molecule is Cc1cc(C(=O)N2CC(C(=O)N(C)Cl)C2)cc2c1-c1ccccc1C2(O)C(F)(F)F. The van der Waals surface area contributed by atoms with E-state index in [1.54, 1.807) is 13.0 Å². The number of alkyl halides is 3. The number of fused-ring (bicyclic) bond motifs is 3. The lowest BCUT2D eigenvalue weighted by Crippen LogP contribution is -2.55. The highest BCUT2D eigenvalue weighted by atomic mass is 35.5. The van der Waals surface area contributed by atoms with Gasteiger partial charge in [0.1, 0.15) is 0 Å². The number of rotatable bonds is 2. The predicted molar refractivity (Wildman–Crippen MR) is 104 cm³/mol. The van der Waals surface area contributed by atoms with Crippen molar-refractivity contribution in [3.63, 3.8) is 0 Å². The smallest absolute Gasteiger partial charge is 0.372 e. The first-order valence-corrected chi connectivity index (χ1v) is 9.57. The minimum atomic E-state index is -4.97. The average molecular weight is 439 g/mol. The van der Waals surface area contributed by atoms with Crippen molar-refractivity contribution >= 4 is 23.6 Å². The summed E-state index contributed by atoms with van der Waals surface area (Å²) in [5.41, 5.74) is -2.74. The molecule has 1 saturated heterocycles. The van der Waals surface area contributed by atoms with Crippen LogP contribution in [0.25, 0.3) is 11.1 Å². The van der Waals surface area contributed by atoms with Gasteiger partial charge in [-0.3, -0.25) is 14.0 Å². The van der Waals surface area contributed by atoms with E-state index in [1.165, 1.54) is 36.2 Å². The topological polar surface area (TPSA) is 60.9 Å². The van der Waals surface area contributed by atoms with E-state index in [4.69, 9.17) is 11.8 Å². The van der Waals surface area contributed by atoms with Gasteiger partial charge < -0.3 is 10.0 Å². The zero-order valence-corrected chi connectivity index (χ0v) is 16.9. The van der Waals surface area contributed by atoms with Gasteiger partial charge in [-0.1, -0.05) is 24.3 Å². The summed E-state index contributed by atoms with van der Waals surface area (Å²) in [5, 5.41) is 10.8. The highest BCUT2D eigenvalue weighted by Crippen LogP contribution is 2.56. The summed E-state index contributed by atoms with van der Waals surface area (Å²) in [6.07, 6.45) is -4.97. The summed E-state index contributed by atoms with van der Waals surface area (Å²) in [5.74, 6) is -1.27. The van der Waals surface area contributed by atoms with Crippen molar-refractivity contribution in [1.82, 2.24) is 9.32 Å². The molecular weight excluding hydrogens is 421 g/mol. The van der Waals surface area contributed by atoms with Crippen molar-refractivity contribution < 1.29 is 27.9 Å². The zero-order valence-electron chi connectivity index (χ0n) is 16.1. The van der Waals surface area contributed by atoms with Crippen molar-refractivity contribution in [2.45, 2.75) is 18.7 Å². The lowest BCUT2D eigenvalue weighted by atomic mass is 9.88. The van der Waals surface area contributed by atoms with E-state index in [-0.39, 0.29) is 41.3 Å². The molecule has 1 fully saturated rings. The molecule has 2 aromatic carbocycles. The second-order valence-electron chi connectivity index (χ2n) is 7.69. The highest BCUT2D eigenvalue weighted by Gasteiger charge is 2.61. The van der Waals surface area contributed by atoms with Crippen LogP contribution in [0.1, 0.15) is 27.0 Å². The standard InChI is InChI=1S/C21H18ClF3N2O3/c1-11-7-12(19(29)27-9-13(10-27)18(28)26(2)22)8-16-17(11)14-5-3-4-6-15(14)20(16,30)21(23,24)25/h3-8,13,30H,9-10H2,1-2H3. The number of aryl methyl sites for hydroxylation is 1. The van der Waals surface area contributed by atoms with Crippen molar-refractivity contribution in [3.05, 3.63) is 58.7 Å². The van der Waals surface area contributed by atoms with Crippen LogP contribution in [-0.2, 0) is 10.4 Å². The summed E-state index contributed by atoms with van der Waals surface area (Å²) < 4.78 is 43.0. The zero-order chi connectivity index (χ0) is 22.0. The Morgan fingerprint density at radius 2 is 1.83 bits per heavy atom. The quantitative estimate of drug-likeness (QED) is 0.730. The minimum Gasteiger partial charge on any atom is -0.372 e. The molecule has 0 aromatic heterocycles. The van der Waals surface area contributed by atoms with E-state index in [0.717, 1.165) is 10.5 Å². The molecule has 2 aliphatic rings. The van der Waals surface area contributed by atoms with E-state index in [9.17, 15) is 27.9 Å². The van der Waals surface area contributed by atoms with Crippen LogP contribution < -0.4 is 0 Å². The van der Waals surface area contributed by atoms with Gasteiger partial charge >= 0.3 is 6.18 Å². The number of halogens is 4. The molecule has 0 radical (unpaired) electrons. The van der Waals surface area contributed by atoms with Crippen LogP contribution in [-0.4, -0.2) is 52.6 Å². The van der Waals surface area contributed by atoms with Crippen LogP contribution in [0.15, 0.2) is 36.4 Å². The van der Waals surface area contributed by atoms with E-state index in [0.29, 0.717) is 11.1 Å². The first-order valence-electron chi connectivity index (χ1n) is 9.23. The predicted octanol–water partition coefficient (Wildman–Crippen LogP) is 3.46. The van der Waals surface area contributed by atoms with Gasteiger partial charge in [-0.05, 0) is 35.7 Å². The molecule has 30 heavy (non-hydrogen) atoms. The summed E-state index contributed by atoms with van der Waals surface area (Å²) >= 11 is 5.63. The van der Waals surface area contributed by atoms with Crippen LogP contribution in [0.3, 0.4) is 0 Å². The molecule has 2 amide bonds. The molecule has 0 bridgehead atoms. The summed E-state index contributed by atoms with van der Waals surface area (Å²) in [6, 6.07) is 8.45. The monoisotopic (exact) mass is 438 g/mol. The molecule has 158 valence electrons. The van der Waals surface area contributed by atoms with Gasteiger partial charge in [0, 0.05) is 48.6 Å². The van der Waals surface area contributed by atoms with Crippen molar-refractivity contribution in [2.75, 3.05) is 20.1 Å². The molecule has 5 nitrogen and oxygen atoms in total. The number of benzene rings is 2. The second kappa shape index (κ2) is 6.72. The molecule has 9 heteroatoms. The fourth-order valence-corrected chi connectivity index (χ4v) is 4.39. The van der Waals surface area contributed by atoms with Gasteiger partial charge in [0.15, 0.2) is 0 Å². The number of carbonyl (C=O) groups is 2. The third-order valence-corrected chi connectivity index (χ3v) is 5.96. The average Bonchev–Trinajstić information content (AvgIpc) is 2.91. The summed E-state index contributed by atoms with van der Waals surface area (Å²) in [7, 11) is 1.40. The Hall–Kier alpha value is -2.58. The largest absolute Gasteiger partial charge is 0.425 e. The molecule has 2 aromatic rings. The molecule has 1 aliphatic carbocycles. The molecule has 1 aliphatic heterocycles. The Balaban J connectivity index is 1.74. The first-order chi connectivity index (χ1) is 14.0. The summed E-state index contributed by atoms with van der Waals surface area (Å²) in [4.78, 5) is 26.1. The van der Waals surface area contributed by atoms with Gasteiger partial charge in [0.25, 0.3) is 5.91 Å². The van der Waals surface area contributed by atoms with Gasteiger partial charge in [-0.15, -0.1) is 0 Å². The van der Waals surface area contributed by atoms with Crippen molar-refractivity contribution in [2.24, 2.45) is 5.92 Å². The van der Waals surface area contributed by atoms with Crippen LogP contribution >= 0.6 is 11.8 Å². The molecular formula is C21H18ClF3N2O3. The molecule has 1 atom stereocenters. The van der Waals surface area contributed by atoms with E-state index in [2.05, 4.69) is 0 Å². The maximum atomic E-state index is 14.0. The Kier molecular flexibility index (Phi) is 4.63. The minimum absolute atomic E-state index is 0.0341. The Morgan fingerprint density at radius 1 is 1.20 bits per heavy atom. The maximum absolute atomic E-state index is 14.0. The van der Waals surface area contributed by atoms with Crippen LogP contribution in [0.2, 0.25) is 0 Å². The fraction of sp³-hybridized carbons (Fsp3) is 0.333. The lowest BCUT2D eigenvalue weighted by Gasteiger charge is -2.39. The van der Waals surface area contributed by atoms with Crippen LogP contribution in [0.4, 0.5) is 13.2 Å². The fourth-order valence-electron chi connectivity index (χ4n) is 4.26. The Labute approximate surface area is 175 Å². The van der Waals surface area contributed by atoms with Gasteiger partial charge in [-0.2, -0.15) is 13.2 Å². The van der Waals surface area contributed by atoms with Gasteiger partial charge in [-0.25, -0.2) is 0 Å². The molecule has 1 unspecified atom stereocenters. The van der Waals surface area contributed by atoms with Gasteiger partial charge in [0.05, 0.1) is 5.92 Å². The Bertz CT molecular complexity index is 1060. The number of nitrogens with zero attached hydrogens (tertiary/aromatic N) is 2. The number of aliphatic hydroxyl groups is 1. The van der Waals surface area contributed by atoms with Gasteiger partial charge in [0.2, 0.25) is 11.5 Å². The van der Waals surface area contributed by atoms with E-state index >= 15 is 0 Å². The van der Waals surface area contributed by atoms with E-state index in [1.807, 2.05) is 0 Å². The highest BCUT2D eigenvalue weighted by molar-refractivity contribution is 6.21. The number of likely N-dealkylation sites (tertiary alicyclic amines) is 1. The van der Waals surface area contributed by atoms with Crippen molar-refractivity contribution in [3.8, 4) is 11.1 Å². The molecule has 1 heterocycles. The normalized spacial score (nSPS) is 20.4. The van der Waals surface area contributed by atoms with Crippen molar-refractivity contribution in [1.29, 1.82) is 0 Å². The maximum Gasteiger partial charge on any atom is 0.425 e. The Morgan fingerprint density at radius 3 is 2.43 bits per heavy atom. The van der Waals surface area contributed by atoms with Crippen LogP contribution in [0.5, 0.6) is 0 Å². The third kappa shape index (κ3) is 2.81. The first kappa shape index (κ1) is 20.7. The molecule has 0 saturated carbocycles.